The number of furan rings is 1. The van der Waals surface area contributed by atoms with E-state index in [1.54, 1.807) is 36.6 Å². The third-order valence-corrected chi connectivity index (χ3v) is 6.49. The van der Waals surface area contributed by atoms with Gasteiger partial charge in [-0.2, -0.15) is 0 Å². The van der Waals surface area contributed by atoms with Crippen LogP contribution in [-0.2, 0) is 15.6 Å². The second-order valence-electron chi connectivity index (χ2n) is 6.14. The van der Waals surface area contributed by atoms with E-state index in [1.807, 2.05) is 13.8 Å². The monoisotopic (exact) mass is 414 g/mol. The molecule has 2 aromatic rings. The second kappa shape index (κ2) is 9.36. The largest absolute Gasteiger partial charge is 0.463 e. The van der Waals surface area contributed by atoms with Gasteiger partial charge in [0.05, 0.1) is 6.54 Å². The van der Waals surface area contributed by atoms with Gasteiger partial charge in [-0.25, -0.2) is 18.1 Å². The average Bonchev–Trinajstić information content (AvgIpc) is 3.28. The van der Waals surface area contributed by atoms with Crippen LogP contribution in [0.1, 0.15) is 25.4 Å². The maximum atomic E-state index is 12.1. The molecule has 0 aromatic carbocycles. The minimum absolute atomic E-state index is 0.0935. The van der Waals surface area contributed by atoms with Crippen LogP contribution in [0.25, 0.3) is 0 Å². The van der Waals surface area contributed by atoms with Gasteiger partial charge in [-0.05, 0) is 44.4 Å². The number of hydrogen-bond acceptors (Lipinski definition) is 6. The van der Waals surface area contributed by atoms with Gasteiger partial charge in [0.15, 0.2) is 5.96 Å². The number of nitrogens with zero attached hydrogens (tertiary/aromatic N) is 1. The van der Waals surface area contributed by atoms with Crippen LogP contribution in [0.5, 0.6) is 0 Å². The molecule has 2 rings (SSSR count). The minimum Gasteiger partial charge on any atom is -0.463 e. The molecule has 27 heavy (non-hydrogen) atoms. The molecule has 0 fully saturated rings. The van der Waals surface area contributed by atoms with E-state index in [0.717, 1.165) is 5.76 Å². The molecule has 1 atom stereocenters. The number of rotatable bonds is 9. The molecule has 0 amide bonds. The summed E-state index contributed by atoms with van der Waals surface area (Å²) in [6.45, 7) is 6.64. The predicted octanol–water partition coefficient (Wildman–Crippen LogP) is 1.39. The normalized spacial score (nSPS) is 14.7. The highest BCUT2D eigenvalue weighted by Gasteiger charge is 2.26. The Hall–Kier alpha value is -1.88. The molecule has 0 radical (unpaired) electrons. The molecule has 8 nitrogen and oxygen atoms in total. The molecule has 10 heteroatoms. The van der Waals surface area contributed by atoms with E-state index in [9.17, 15) is 13.5 Å². The molecule has 150 valence electrons. The van der Waals surface area contributed by atoms with Crippen molar-refractivity contribution >= 4 is 27.3 Å². The summed E-state index contributed by atoms with van der Waals surface area (Å²) >= 11 is 1.17. The number of aliphatic hydroxyl groups is 1. The summed E-state index contributed by atoms with van der Waals surface area (Å²) in [5, 5.41) is 18.4. The summed E-state index contributed by atoms with van der Waals surface area (Å²) in [6.07, 6.45) is 0. The van der Waals surface area contributed by atoms with Crippen molar-refractivity contribution < 1.29 is 17.9 Å². The van der Waals surface area contributed by atoms with Crippen molar-refractivity contribution in [1.82, 2.24) is 15.4 Å². The van der Waals surface area contributed by atoms with Gasteiger partial charge in [0.25, 0.3) is 0 Å². The zero-order valence-corrected chi connectivity index (χ0v) is 17.3. The highest BCUT2D eigenvalue weighted by molar-refractivity contribution is 7.91. The van der Waals surface area contributed by atoms with E-state index in [4.69, 9.17) is 4.42 Å². The molecule has 2 aromatic heterocycles. The van der Waals surface area contributed by atoms with Crippen molar-refractivity contribution in [3.05, 3.63) is 41.2 Å². The fourth-order valence-corrected chi connectivity index (χ4v) is 4.30. The van der Waals surface area contributed by atoms with E-state index >= 15 is 0 Å². The third-order valence-electron chi connectivity index (χ3n) is 3.63. The number of aryl methyl sites for hydroxylation is 1. The molecular formula is C17H26N4O4S2. The highest BCUT2D eigenvalue weighted by Crippen LogP contribution is 2.23. The average molecular weight is 415 g/mol. The van der Waals surface area contributed by atoms with E-state index in [-0.39, 0.29) is 17.3 Å². The quantitative estimate of drug-likeness (QED) is 0.280. The maximum Gasteiger partial charge on any atom is 0.250 e. The molecule has 1 unspecified atom stereocenters. The lowest BCUT2D eigenvalue weighted by molar-refractivity contribution is 0.0428. The van der Waals surface area contributed by atoms with Gasteiger partial charge in [-0.1, -0.05) is 6.07 Å². The van der Waals surface area contributed by atoms with Crippen molar-refractivity contribution in [2.45, 2.75) is 30.6 Å². The van der Waals surface area contributed by atoms with Gasteiger partial charge in [-0.15, -0.1) is 11.3 Å². The van der Waals surface area contributed by atoms with Crippen LogP contribution in [0, 0.1) is 6.92 Å². The molecule has 0 saturated heterocycles. The first-order valence-corrected chi connectivity index (χ1v) is 11.0. The van der Waals surface area contributed by atoms with Gasteiger partial charge >= 0.3 is 0 Å². The second-order valence-corrected chi connectivity index (χ2v) is 9.08. The molecule has 0 aliphatic heterocycles. The zero-order valence-electron chi connectivity index (χ0n) is 15.7. The molecule has 0 bridgehead atoms. The van der Waals surface area contributed by atoms with Crippen LogP contribution >= 0.6 is 11.3 Å². The third kappa shape index (κ3) is 6.35. The Balaban J connectivity index is 1.88. The van der Waals surface area contributed by atoms with Gasteiger partial charge in [0.2, 0.25) is 10.0 Å². The summed E-state index contributed by atoms with van der Waals surface area (Å²) < 4.78 is 32.4. The number of nitrogens with one attached hydrogen (secondary N) is 3. The standard InChI is InChI=1S/C17H26N4O4S2/c1-4-18-16(20-12-17(3,22)14-8-7-13(2)25-14)19-9-10-21-27(23,24)15-6-5-11-26-15/h5-8,11,21-22H,4,9-10,12H2,1-3H3,(H2,18,19,20). The molecule has 0 aliphatic carbocycles. The maximum absolute atomic E-state index is 12.1. The number of thiophene rings is 1. The minimum atomic E-state index is -3.48. The Labute approximate surface area is 163 Å². The fourth-order valence-electron chi connectivity index (χ4n) is 2.23. The van der Waals surface area contributed by atoms with Crippen LogP contribution in [-0.4, -0.2) is 45.7 Å². The Bertz CT molecular complexity index is 842. The summed E-state index contributed by atoms with van der Waals surface area (Å²) in [7, 11) is -3.48. The van der Waals surface area contributed by atoms with Crippen molar-refractivity contribution in [2.75, 3.05) is 26.2 Å². The summed E-state index contributed by atoms with van der Waals surface area (Å²) in [5.41, 5.74) is -1.24. The lowest BCUT2D eigenvalue weighted by Gasteiger charge is -2.19. The van der Waals surface area contributed by atoms with Crippen molar-refractivity contribution in [2.24, 2.45) is 4.99 Å². The highest BCUT2D eigenvalue weighted by atomic mass is 32.2. The first-order valence-electron chi connectivity index (χ1n) is 8.59. The van der Waals surface area contributed by atoms with Crippen molar-refractivity contribution in [1.29, 1.82) is 0 Å². The van der Waals surface area contributed by atoms with Gasteiger partial charge in [-0.3, -0.25) is 0 Å². The Morgan fingerprint density at radius 3 is 2.67 bits per heavy atom. The van der Waals surface area contributed by atoms with Gasteiger partial charge in [0, 0.05) is 19.6 Å². The van der Waals surface area contributed by atoms with Crippen LogP contribution in [0.4, 0.5) is 0 Å². The summed E-state index contributed by atoms with van der Waals surface area (Å²) in [5.74, 6) is 1.65. The van der Waals surface area contributed by atoms with E-state index < -0.39 is 15.6 Å². The van der Waals surface area contributed by atoms with Gasteiger partial charge in [0.1, 0.15) is 21.3 Å². The molecule has 2 heterocycles. The Morgan fingerprint density at radius 1 is 1.30 bits per heavy atom. The molecule has 0 spiro atoms. The zero-order chi connectivity index (χ0) is 19.9. The van der Waals surface area contributed by atoms with Crippen molar-refractivity contribution in [3.63, 3.8) is 0 Å². The lowest BCUT2D eigenvalue weighted by Crippen LogP contribution is -2.42. The molecule has 4 N–H and O–H groups in total. The Morgan fingerprint density at radius 2 is 2.07 bits per heavy atom. The lowest BCUT2D eigenvalue weighted by atomic mass is 10.0. The summed E-state index contributed by atoms with van der Waals surface area (Å²) in [4.78, 5) is 4.36. The first-order chi connectivity index (χ1) is 12.7. The van der Waals surface area contributed by atoms with Crippen molar-refractivity contribution in [3.8, 4) is 0 Å². The first kappa shape index (κ1) is 21.4. The van der Waals surface area contributed by atoms with Crippen LogP contribution in [0.3, 0.4) is 0 Å². The molecular weight excluding hydrogens is 388 g/mol. The van der Waals surface area contributed by atoms with E-state index in [2.05, 4.69) is 20.3 Å². The van der Waals surface area contributed by atoms with E-state index in [1.165, 1.54) is 11.3 Å². The van der Waals surface area contributed by atoms with Crippen LogP contribution in [0.2, 0.25) is 0 Å². The SMILES string of the molecule is CCNC(=NCC(C)(O)c1ccc(C)o1)NCCNS(=O)(=O)c1cccs1. The molecule has 0 saturated carbocycles. The number of hydrogen-bond donors (Lipinski definition) is 4. The van der Waals surface area contributed by atoms with E-state index in [0.29, 0.717) is 24.8 Å². The fraction of sp³-hybridized carbons (Fsp3) is 0.471. The number of aliphatic imine (C=N–C) groups is 1. The van der Waals surface area contributed by atoms with Crippen LogP contribution < -0.4 is 15.4 Å². The smallest absolute Gasteiger partial charge is 0.250 e. The van der Waals surface area contributed by atoms with Gasteiger partial charge < -0.3 is 20.2 Å². The number of guanidine groups is 1. The predicted molar refractivity (Wildman–Crippen MR) is 107 cm³/mol. The molecule has 0 aliphatic rings. The van der Waals surface area contributed by atoms with Crippen LogP contribution in [0.15, 0.2) is 43.3 Å². The Kier molecular flexibility index (Phi) is 7.42. The number of sulfonamides is 1. The topological polar surface area (TPSA) is 116 Å². The summed E-state index contributed by atoms with van der Waals surface area (Å²) in [6, 6.07) is 6.77.